The van der Waals surface area contributed by atoms with Crippen LogP contribution in [0.2, 0.25) is 0 Å². The van der Waals surface area contributed by atoms with E-state index >= 15 is 0 Å². The fourth-order valence-corrected chi connectivity index (χ4v) is 3.09. The van der Waals surface area contributed by atoms with Gasteiger partial charge in [-0.1, -0.05) is 31.5 Å². The van der Waals surface area contributed by atoms with Crippen molar-refractivity contribution in [2.24, 2.45) is 0 Å². The van der Waals surface area contributed by atoms with E-state index in [2.05, 4.69) is 24.2 Å². The summed E-state index contributed by atoms with van der Waals surface area (Å²) in [5.41, 5.74) is 1.04. The van der Waals surface area contributed by atoms with Crippen LogP contribution in [-0.4, -0.2) is 36.2 Å². The summed E-state index contributed by atoms with van der Waals surface area (Å²) in [6.45, 7) is 4.38. The van der Waals surface area contributed by atoms with Crippen LogP contribution in [0.25, 0.3) is 0 Å². The minimum atomic E-state index is 0.296. The van der Waals surface area contributed by atoms with Crippen LogP contribution in [0.4, 0.5) is 0 Å². The van der Waals surface area contributed by atoms with Gasteiger partial charge in [-0.05, 0) is 38.9 Å². The average molecular weight is 262 g/mol. The van der Waals surface area contributed by atoms with Gasteiger partial charge in [0.25, 0.3) is 0 Å². The number of phenols is 1. The van der Waals surface area contributed by atoms with Gasteiger partial charge in [0.2, 0.25) is 0 Å². The minimum Gasteiger partial charge on any atom is -0.508 e. The van der Waals surface area contributed by atoms with Gasteiger partial charge in [-0.15, -0.1) is 0 Å². The highest BCUT2D eigenvalue weighted by Gasteiger charge is 2.21. The fourth-order valence-electron chi connectivity index (χ4n) is 3.09. The molecule has 0 saturated carbocycles. The van der Waals surface area contributed by atoms with E-state index in [4.69, 9.17) is 0 Å². The Morgan fingerprint density at radius 2 is 2.16 bits per heavy atom. The van der Waals surface area contributed by atoms with Gasteiger partial charge in [0.05, 0.1) is 0 Å². The molecule has 1 fully saturated rings. The summed E-state index contributed by atoms with van der Waals surface area (Å²) >= 11 is 0. The van der Waals surface area contributed by atoms with Crippen LogP contribution in [0.15, 0.2) is 24.3 Å². The fraction of sp³-hybridized carbons (Fsp3) is 0.625. The predicted octanol–water partition coefficient (Wildman–Crippen LogP) is 2.92. The Morgan fingerprint density at radius 1 is 1.37 bits per heavy atom. The number of para-hydroxylation sites is 1. The van der Waals surface area contributed by atoms with Crippen molar-refractivity contribution < 1.29 is 5.11 Å². The molecular weight excluding hydrogens is 236 g/mol. The third-order valence-electron chi connectivity index (χ3n) is 4.14. The lowest BCUT2D eigenvalue weighted by Gasteiger charge is -2.33. The number of hydrogen-bond acceptors (Lipinski definition) is 3. The van der Waals surface area contributed by atoms with Crippen LogP contribution >= 0.6 is 0 Å². The molecule has 0 spiro atoms. The van der Waals surface area contributed by atoms with Crippen molar-refractivity contribution in [3.63, 3.8) is 0 Å². The topological polar surface area (TPSA) is 35.5 Å². The molecule has 19 heavy (non-hydrogen) atoms. The Morgan fingerprint density at radius 3 is 2.79 bits per heavy atom. The molecule has 2 rings (SSSR count). The largest absolute Gasteiger partial charge is 0.508 e. The van der Waals surface area contributed by atoms with Crippen molar-refractivity contribution in [2.45, 2.75) is 44.7 Å². The summed E-state index contributed by atoms with van der Waals surface area (Å²) in [6, 6.07) is 8.60. The van der Waals surface area contributed by atoms with Gasteiger partial charge in [-0.2, -0.15) is 0 Å². The lowest BCUT2D eigenvalue weighted by atomic mass is 9.99. The van der Waals surface area contributed by atoms with Gasteiger partial charge < -0.3 is 10.4 Å². The molecular formula is C16H26N2O. The molecule has 1 heterocycles. The van der Waals surface area contributed by atoms with E-state index in [-0.39, 0.29) is 0 Å². The van der Waals surface area contributed by atoms with E-state index in [1.807, 2.05) is 18.2 Å². The third kappa shape index (κ3) is 3.71. The Labute approximate surface area is 116 Å². The molecule has 1 aromatic rings. The van der Waals surface area contributed by atoms with E-state index < -0.39 is 0 Å². The molecule has 2 N–H and O–H groups in total. The molecule has 1 aliphatic rings. The zero-order valence-corrected chi connectivity index (χ0v) is 12.1. The van der Waals surface area contributed by atoms with E-state index in [0.29, 0.717) is 17.8 Å². The zero-order valence-electron chi connectivity index (χ0n) is 12.1. The van der Waals surface area contributed by atoms with Crippen molar-refractivity contribution in [3.8, 4) is 5.75 Å². The van der Waals surface area contributed by atoms with Gasteiger partial charge in [-0.3, -0.25) is 4.90 Å². The van der Waals surface area contributed by atoms with E-state index in [1.54, 1.807) is 6.07 Å². The minimum absolute atomic E-state index is 0.296. The number of aromatic hydroxyl groups is 1. The maximum atomic E-state index is 10.0. The first-order chi connectivity index (χ1) is 9.22. The number of phenolic OH excluding ortho intramolecular Hbond substituents is 1. The second kappa shape index (κ2) is 6.92. The van der Waals surface area contributed by atoms with E-state index in [9.17, 15) is 5.11 Å². The van der Waals surface area contributed by atoms with Crippen LogP contribution in [-0.2, 0) is 0 Å². The monoisotopic (exact) mass is 262 g/mol. The summed E-state index contributed by atoms with van der Waals surface area (Å²) in [7, 11) is 2.16. The number of rotatable bonds is 5. The smallest absolute Gasteiger partial charge is 0.120 e. The quantitative estimate of drug-likeness (QED) is 0.856. The lowest BCUT2D eigenvalue weighted by molar-refractivity contribution is 0.196. The molecule has 2 unspecified atom stereocenters. The number of benzene rings is 1. The second-order valence-electron chi connectivity index (χ2n) is 5.57. The molecule has 0 aromatic heterocycles. The maximum absolute atomic E-state index is 10.0. The molecule has 1 saturated heterocycles. The van der Waals surface area contributed by atoms with Crippen molar-refractivity contribution in [2.75, 3.05) is 20.1 Å². The highest BCUT2D eigenvalue weighted by Crippen LogP contribution is 2.30. The summed E-state index contributed by atoms with van der Waals surface area (Å²) in [5.74, 6) is 0.415. The molecule has 0 radical (unpaired) electrons. The molecule has 3 heteroatoms. The van der Waals surface area contributed by atoms with Crippen molar-refractivity contribution >= 4 is 0 Å². The maximum Gasteiger partial charge on any atom is 0.120 e. The summed E-state index contributed by atoms with van der Waals surface area (Å²) < 4.78 is 0. The van der Waals surface area contributed by atoms with E-state index in [0.717, 1.165) is 25.1 Å². The van der Waals surface area contributed by atoms with Crippen molar-refractivity contribution in [1.29, 1.82) is 0 Å². The van der Waals surface area contributed by atoms with E-state index in [1.165, 1.54) is 19.3 Å². The number of nitrogens with one attached hydrogen (secondary N) is 1. The predicted molar refractivity (Wildman–Crippen MR) is 79.4 cm³/mol. The van der Waals surface area contributed by atoms with Crippen LogP contribution in [0, 0.1) is 0 Å². The number of hydrogen-bond donors (Lipinski definition) is 2. The molecule has 2 atom stereocenters. The highest BCUT2D eigenvalue weighted by molar-refractivity contribution is 5.34. The Bertz CT molecular complexity index is 388. The van der Waals surface area contributed by atoms with Crippen LogP contribution in [0.3, 0.4) is 0 Å². The van der Waals surface area contributed by atoms with Gasteiger partial charge in [0.15, 0.2) is 0 Å². The number of likely N-dealkylation sites (N-methyl/N-ethyl adjacent to an activating group) is 1. The number of piperidine rings is 1. The molecule has 0 aliphatic carbocycles. The Hall–Kier alpha value is -1.06. The molecule has 106 valence electrons. The zero-order chi connectivity index (χ0) is 13.7. The van der Waals surface area contributed by atoms with Gasteiger partial charge in [0, 0.05) is 24.2 Å². The first-order valence-electron chi connectivity index (χ1n) is 7.44. The van der Waals surface area contributed by atoms with Gasteiger partial charge in [0.1, 0.15) is 5.75 Å². The van der Waals surface area contributed by atoms with Crippen LogP contribution in [0.1, 0.15) is 44.2 Å². The van der Waals surface area contributed by atoms with Crippen molar-refractivity contribution in [1.82, 2.24) is 10.2 Å². The van der Waals surface area contributed by atoms with Gasteiger partial charge >= 0.3 is 0 Å². The normalized spacial score (nSPS) is 21.5. The van der Waals surface area contributed by atoms with Crippen LogP contribution < -0.4 is 5.32 Å². The summed E-state index contributed by atoms with van der Waals surface area (Å²) in [5, 5.41) is 13.6. The Balaban J connectivity index is 2.02. The standard InChI is InChI=1S/C16H26N2O/c1-3-15(14-9-4-5-10-16(14)19)18(2)12-13-8-6-7-11-17-13/h4-5,9-10,13,15,17,19H,3,6-8,11-12H2,1-2H3. The second-order valence-corrected chi connectivity index (χ2v) is 5.57. The SMILES string of the molecule is CCC(c1ccccc1O)N(C)CC1CCCCN1. The molecule has 1 aromatic carbocycles. The summed E-state index contributed by atoms with van der Waals surface area (Å²) in [6.07, 6.45) is 4.91. The Kier molecular flexibility index (Phi) is 5.23. The lowest BCUT2D eigenvalue weighted by Crippen LogP contribution is -2.43. The molecule has 1 aliphatic heterocycles. The van der Waals surface area contributed by atoms with Crippen LogP contribution in [0.5, 0.6) is 5.75 Å². The summed E-state index contributed by atoms with van der Waals surface area (Å²) in [4.78, 5) is 2.37. The molecule has 0 bridgehead atoms. The molecule has 0 amide bonds. The highest BCUT2D eigenvalue weighted by atomic mass is 16.3. The molecule has 3 nitrogen and oxygen atoms in total. The number of nitrogens with zero attached hydrogens (tertiary/aromatic N) is 1. The first kappa shape index (κ1) is 14.4. The third-order valence-corrected chi connectivity index (χ3v) is 4.14. The van der Waals surface area contributed by atoms with Gasteiger partial charge in [-0.25, -0.2) is 0 Å². The van der Waals surface area contributed by atoms with Crippen molar-refractivity contribution in [3.05, 3.63) is 29.8 Å². The average Bonchev–Trinajstić information content (AvgIpc) is 2.43. The first-order valence-corrected chi connectivity index (χ1v) is 7.44.